The summed E-state index contributed by atoms with van der Waals surface area (Å²) in [5.41, 5.74) is 2.68. The summed E-state index contributed by atoms with van der Waals surface area (Å²) < 4.78 is 6.68. The van der Waals surface area contributed by atoms with E-state index in [1.165, 1.54) is 12.1 Å². The zero-order chi connectivity index (χ0) is 19.5. The quantitative estimate of drug-likeness (QED) is 0.231. The Hall–Kier alpha value is -3.04. The van der Waals surface area contributed by atoms with Gasteiger partial charge < -0.3 is 4.42 Å². The lowest BCUT2D eigenvalue weighted by molar-refractivity contribution is -0.384. The van der Waals surface area contributed by atoms with Crippen molar-refractivity contribution in [2.75, 3.05) is 0 Å². The fraction of sp³-hybridized carbons (Fsp3) is 0.105. The molecule has 2 aromatic carbocycles. The number of thioether (sulfide) groups is 1. The number of aromatic nitrogens is 3. The molecule has 7 nitrogen and oxygen atoms in total. The summed E-state index contributed by atoms with van der Waals surface area (Å²) >= 11 is 3.12. The van der Waals surface area contributed by atoms with Crippen LogP contribution in [0.2, 0.25) is 0 Å². The van der Waals surface area contributed by atoms with E-state index in [1.54, 1.807) is 35.2 Å². The number of thiazole rings is 1. The second-order valence-corrected chi connectivity index (χ2v) is 8.32. The van der Waals surface area contributed by atoms with Gasteiger partial charge >= 0.3 is 0 Å². The van der Waals surface area contributed by atoms with Crippen molar-refractivity contribution in [3.63, 3.8) is 0 Å². The van der Waals surface area contributed by atoms with Crippen molar-refractivity contribution >= 4 is 28.8 Å². The van der Waals surface area contributed by atoms with E-state index < -0.39 is 4.92 Å². The number of rotatable bonds is 6. The van der Waals surface area contributed by atoms with Crippen LogP contribution in [0.5, 0.6) is 0 Å². The molecule has 0 saturated heterocycles. The van der Waals surface area contributed by atoms with Gasteiger partial charge in [0.25, 0.3) is 5.69 Å². The summed E-state index contributed by atoms with van der Waals surface area (Å²) in [7, 11) is 0. The molecule has 0 unspecified atom stereocenters. The average molecular weight is 410 g/mol. The molecule has 0 N–H and O–H groups in total. The normalized spacial score (nSPS) is 12.0. The third-order valence-electron chi connectivity index (χ3n) is 3.94. The van der Waals surface area contributed by atoms with Gasteiger partial charge in [0.05, 0.1) is 15.9 Å². The Balaban J connectivity index is 1.47. The molecule has 0 fully saturated rings. The molecule has 9 heteroatoms. The van der Waals surface area contributed by atoms with Gasteiger partial charge in [0, 0.05) is 28.6 Å². The predicted molar refractivity (Wildman–Crippen MR) is 108 cm³/mol. The molecular weight excluding hydrogens is 396 g/mol. The first-order valence-electron chi connectivity index (χ1n) is 8.36. The molecule has 0 spiro atoms. The number of nitro benzene ring substituents is 1. The smallest absolute Gasteiger partial charge is 0.269 e. The van der Waals surface area contributed by atoms with E-state index in [2.05, 4.69) is 15.2 Å². The summed E-state index contributed by atoms with van der Waals surface area (Å²) in [5, 5.41) is 20.9. The second-order valence-electron chi connectivity index (χ2n) is 5.87. The summed E-state index contributed by atoms with van der Waals surface area (Å²) in [4.78, 5) is 15.0. The van der Waals surface area contributed by atoms with Gasteiger partial charge in [-0.2, -0.15) is 0 Å². The van der Waals surface area contributed by atoms with Crippen LogP contribution < -0.4 is 0 Å². The molecule has 2 aromatic heterocycles. The summed E-state index contributed by atoms with van der Waals surface area (Å²) in [6.45, 7) is 1.97. The molecule has 4 rings (SSSR count). The van der Waals surface area contributed by atoms with Crippen LogP contribution in [0.3, 0.4) is 0 Å². The minimum atomic E-state index is -0.445. The highest BCUT2D eigenvalue weighted by Crippen LogP contribution is 2.38. The molecule has 28 heavy (non-hydrogen) atoms. The third-order valence-corrected chi connectivity index (χ3v) is 6.00. The fourth-order valence-electron chi connectivity index (χ4n) is 2.50. The van der Waals surface area contributed by atoms with Gasteiger partial charge in [-0.3, -0.25) is 10.1 Å². The van der Waals surface area contributed by atoms with Crippen LogP contribution in [0.4, 0.5) is 5.69 Å². The van der Waals surface area contributed by atoms with Crippen LogP contribution in [0.1, 0.15) is 18.1 Å². The number of non-ortho nitro benzene ring substituents is 1. The largest absolute Gasteiger partial charge is 0.419 e. The van der Waals surface area contributed by atoms with Crippen molar-refractivity contribution in [2.24, 2.45) is 0 Å². The lowest BCUT2D eigenvalue weighted by Crippen LogP contribution is -1.88. The Kier molecular flexibility index (Phi) is 5.18. The molecule has 0 aliphatic carbocycles. The minimum Gasteiger partial charge on any atom is -0.419 e. The summed E-state index contributed by atoms with van der Waals surface area (Å²) in [6.07, 6.45) is 0. The molecule has 0 aliphatic heterocycles. The predicted octanol–water partition coefficient (Wildman–Crippen LogP) is 5.62. The maximum atomic E-state index is 10.8. The van der Waals surface area contributed by atoms with E-state index in [0.29, 0.717) is 17.3 Å². The molecule has 0 saturated carbocycles. The van der Waals surface area contributed by atoms with E-state index in [4.69, 9.17) is 4.42 Å². The summed E-state index contributed by atoms with van der Waals surface area (Å²) in [6, 6.07) is 16.0. The number of hydrogen-bond acceptors (Lipinski definition) is 8. The van der Waals surface area contributed by atoms with Crippen molar-refractivity contribution in [3.8, 4) is 22.7 Å². The van der Waals surface area contributed by atoms with Gasteiger partial charge in [-0.25, -0.2) is 4.98 Å². The van der Waals surface area contributed by atoms with E-state index in [-0.39, 0.29) is 10.9 Å². The average Bonchev–Trinajstić information content (AvgIpc) is 3.39. The molecule has 0 aliphatic rings. The van der Waals surface area contributed by atoms with Crippen LogP contribution in [-0.4, -0.2) is 20.1 Å². The Morgan fingerprint density at radius 1 is 1.07 bits per heavy atom. The van der Waals surface area contributed by atoms with Crippen molar-refractivity contribution < 1.29 is 9.34 Å². The first kappa shape index (κ1) is 18.3. The zero-order valence-corrected chi connectivity index (χ0v) is 16.3. The van der Waals surface area contributed by atoms with Gasteiger partial charge in [-0.05, 0) is 19.1 Å². The third kappa shape index (κ3) is 3.95. The number of nitrogens with zero attached hydrogens (tertiary/aromatic N) is 4. The molecule has 2 heterocycles. The highest BCUT2D eigenvalue weighted by Gasteiger charge is 2.18. The highest BCUT2D eigenvalue weighted by atomic mass is 32.2. The van der Waals surface area contributed by atoms with Crippen molar-refractivity contribution in [1.82, 2.24) is 15.2 Å². The lowest BCUT2D eigenvalue weighted by Gasteiger charge is -2.03. The topological polar surface area (TPSA) is 95.0 Å². The second kappa shape index (κ2) is 7.91. The molecule has 0 radical (unpaired) electrons. The Morgan fingerprint density at radius 2 is 1.82 bits per heavy atom. The maximum Gasteiger partial charge on any atom is 0.269 e. The van der Waals surface area contributed by atoms with Gasteiger partial charge in [-0.15, -0.1) is 21.5 Å². The zero-order valence-electron chi connectivity index (χ0n) is 14.7. The minimum absolute atomic E-state index is 0.0189. The van der Waals surface area contributed by atoms with Crippen LogP contribution >= 0.6 is 23.1 Å². The van der Waals surface area contributed by atoms with Gasteiger partial charge in [0.15, 0.2) is 4.34 Å². The Labute approximate surface area is 168 Å². The van der Waals surface area contributed by atoms with Crippen LogP contribution in [0.15, 0.2) is 68.7 Å². The van der Waals surface area contributed by atoms with Crippen LogP contribution in [0.25, 0.3) is 22.7 Å². The molecule has 0 amide bonds. The molecule has 140 valence electrons. The number of nitro groups is 1. The standard InChI is InChI=1S/C19H14N4O3S2/c1-12(28-19-20-16(11-27-19)13-5-3-2-4-6-13)17-21-22-18(26-17)14-7-9-15(10-8-14)23(24)25/h2-12H,1H3/t12-/m1/s1. The van der Waals surface area contributed by atoms with E-state index in [0.717, 1.165) is 15.6 Å². The van der Waals surface area contributed by atoms with Crippen LogP contribution in [-0.2, 0) is 0 Å². The molecule has 4 aromatic rings. The maximum absolute atomic E-state index is 10.8. The van der Waals surface area contributed by atoms with E-state index >= 15 is 0 Å². The monoisotopic (exact) mass is 410 g/mol. The first-order chi connectivity index (χ1) is 13.6. The first-order valence-corrected chi connectivity index (χ1v) is 10.1. The van der Waals surface area contributed by atoms with Crippen molar-refractivity contribution in [3.05, 3.63) is 76.0 Å². The highest BCUT2D eigenvalue weighted by molar-refractivity contribution is 8.01. The van der Waals surface area contributed by atoms with E-state index in [9.17, 15) is 10.1 Å². The molecular formula is C19H14N4O3S2. The van der Waals surface area contributed by atoms with Crippen molar-refractivity contribution in [2.45, 2.75) is 16.5 Å². The van der Waals surface area contributed by atoms with E-state index in [1.807, 2.05) is 42.6 Å². The van der Waals surface area contributed by atoms with Crippen molar-refractivity contribution in [1.29, 1.82) is 0 Å². The van der Waals surface area contributed by atoms with Gasteiger partial charge in [-0.1, -0.05) is 42.1 Å². The summed E-state index contributed by atoms with van der Waals surface area (Å²) in [5.74, 6) is 0.816. The lowest BCUT2D eigenvalue weighted by atomic mass is 10.2. The number of hydrogen-bond donors (Lipinski definition) is 0. The Bertz CT molecular complexity index is 1090. The number of benzene rings is 2. The fourth-order valence-corrected chi connectivity index (χ4v) is 4.50. The van der Waals surface area contributed by atoms with Crippen LogP contribution in [0, 0.1) is 10.1 Å². The van der Waals surface area contributed by atoms with Gasteiger partial charge in [0.2, 0.25) is 11.8 Å². The molecule has 0 bridgehead atoms. The molecule has 1 atom stereocenters. The SMILES string of the molecule is C[C@@H](Sc1nc(-c2ccccc2)cs1)c1nnc(-c2ccc([N+](=O)[O-])cc2)o1. The van der Waals surface area contributed by atoms with Gasteiger partial charge in [0.1, 0.15) is 0 Å². The Morgan fingerprint density at radius 3 is 2.54 bits per heavy atom.